The summed E-state index contributed by atoms with van der Waals surface area (Å²) in [5.74, 6) is 0. The molecule has 1 unspecified atom stereocenters. The van der Waals surface area contributed by atoms with E-state index in [2.05, 4.69) is 10.6 Å². The highest BCUT2D eigenvalue weighted by Gasteiger charge is 2.33. The minimum absolute atomic E-state index is 0.413. The first-order chi connectivity index (χ1) is 6.41. The first kappa shape index (κ1) is 11.0. The van der Waals surface area contributed by atoms with Crippen LogP contribution in [0, 0.1) is 5.41 Å². The standard InChI is InChI=1S/C8H16N2O.C2H6/c1-2-8(4-9-3-1)5-10-7-11-6-8;1-2/h9-10H,1-7H2;1-2H3. The van der Waals surface area contributed by atoms with Crippen molar-refractivity contribution in [2.75, 3.05) is 33.0 Å². The fourth-order valence-corrected chi connectivity index (χ4v) is 2.01. The van der Waals surface area contributed by atoms with Crippen LogP contribution >= 0.6 is 0 Å². The second kappa shape index (κ2) is 5.58. The van der Waals surface area contributed by atoms with E-state index in [4.69, 9.17) is 4.74 Å². The van der Waals surface area contributed by atoms with Gasteiger partial charge in [0.2, 0.25) is 0 Å². The van der Waals surface area contributed by atoms with Gasteiger partial charge in [-0.2, -0.15) is 0 Å². The smallest absolute Gasteiger partial charge is 0.0965 e. The second-order valence-corrected chi connectivity index (χ2v) is 3.70. The maximum atomic E-state index is 5.41. The molecule has 1 atom stereocenters. The number of ether oxygens (including phenoxy) is 1. The zero-order chi connectivity index (χ0) is 9.57. The predicted octanol–water partition coefficient (Wildman–Crippen LogP) is 0.960. The highest BCUT2D eigenvalue weighted by atomic mass is 16.5. The lowest BCUT2D eigenvalue weighted by Crippen LogP contribution is -2.52. The zero-order valence-corrected chi connectivity index (χ0v) is 8.86. The minimum Gasteiger partial charge on any atom is -0.366 e. The van der Waals surface area contributed by atoms with Crippen LogP contribution in [0.5, 0.6) is 0 Å². The molecule has 1 spiro atoms. The molecule has 0 saturated carbocycles. The Morgan fingerprint density at radius 3 is 2.46 bits per heavy atom. The molecule has 2 N–H and O–H groups in total. The number of piperidine rings is 1. The predicted molar refractivity (Wildman–Crippen MR) is 54.7 cm³/mol. The summed E-state index contributed by atoms with van der Waals surface area (Å²) in [7, 11) is 0. The van der Waals surface area contributed by atoms with Crippen molar-refractivity contribution >= 4 is 0 Å². The van der Waals surface area contributed by atoms with Crippen LogP contribution in [-0.2, 0) is 4.74 Å². The molecular weight excluding hydrogens is 164 g/mol. The van der Waals surface area contributed by atoms with Gasteiger partial charge in [0.15, 0.2) is 0 Å². The number of rotatable bonds is 0. The number of hydrogen-bond acceptors (Lipinski definition) is 3. The third kappa shape index (κ3) is 2.93. The summed E-state index contributed by atoms with van der Waals surface area (Å²) in [4.78, 5) is 0. The molecule has 0 amide bonds. The van der Waals surface area contributed by atoms with Gasteiger partial charge in [0, 0.05) is 18.5 Å². The topological polar surface area (TPSA) is 33.3 Å². The van der Waals surface area contributed by atoms with Crippen LogP contribution in [0.1, 0.15) is 26.7 Å². The van der Waals surface area contributed by atoms with Gasteiger partial charge in [0.1, 0.15) is 0 Å². The van der Waals surface area contributed by atoms with E-state index >= 15 is 0 Å². The molecule has 3 heteroatoms. The molecule has 0 aliphatic carbocycles. The molecule has 3 nitrogen and oxygen atoms in total. The summed E-state index contributed by atoms with van der Waals surface area (Å²) in [6, 6.07) is 0. The highest BCUT2D eigenvalue weighted by molar-refractivity contribution is 4.88. The van der Waals surface area contributed by atoms with Gasteiger partial charge in [-0.05, 0) is 19.4 Å². The van der Waals surface area contributed by atoms with Gasteiger partial charge >= 0.3 is 0 Å². The average molecular weight is 186 g/mol. The molecule has 13 heavy (non-hydrogen) atoms. The summed E-state index contributed by atoms with van der Waals surface area (Å²) in [6.45, 7) is 9.11. The molecule has 78 valence electrons. The minimum atomic E-state index is 0.413. The van der Waals surface area contributed by atoms with Crippen molar-refractivity contribution in [2.24, 2.45) is 5.41 Å². The van der Waals surface area contributed by atoms with Gasteiger partial charge in [0.25, 0.3) is 0 Å². The van der Waals surface area contributed by atoms with Crippen molar-refractivity contribution in [3.05, 3.63) is 0 Å². The Bertz CT molecular complexity index is 107. The molecule has 2 aliphatic heterocycles. The lowest BCUT2D eigenvalue weighted by atomic mass is 9.81. The van der Waals surface area contributed by atoms with Crippen LogP contribution in [0.2, 0.25) is 0 Å². The highest BCUT2D eigenvalue weighted by Crippen LogP contribution is 2.27. The van der Waals surface area contributed by atoms with Gasteiger partial charge in [0.05, 0.1) is 13.3 Å². The first-order valence-corrected chi connectivity index (χ1v) is 5.41. The normalized spacial score (nSPS) is 33.7. The molecule has 2 fully saturated rings. The van der Waals surface area contributed by atoms with Crippen molar-refractivity contribution in [1.82, 2.24) is 10.6 Å². The Hall–Kier alpha value is -0.120. The second-order valence-electron chi connectivity index (χ2n) is 3.70. The van der Waals surface area contributed by atoms with E-state index in [0.717, 1.165) is 26.4 Å². The summed E-state index contributed by atoms with van der Waals surface area (Å²) in [5, 5.41) is 6.71. The van der Waals surface area contributed by atoms with Crippen molar-refractivity contribution in [3.8, 4) is 0 Å². The number of hydrogen-bond donors (Lipinski definition) is 2. The van der Waals surface area contributed by atoms with Crippen molar-refractivity contribution in [2.45, 2.75) is 26.7 Å². The van der Waals surface area contributed by atoms with Crippen LogP contribution in [0.3, 0.4) is 0 Å². The van der Waals surface area contributed by atoms with E-state index in [1.165, 1.54) is 19.4 Å². The molecule has 0 radical (unpaired) electrons. The molecule has 0 bridgehead atoms. The lowest BCUT2D eigenvalue weighted by Gasteiger charge is -2.40. The SMILES string of the molecule is C1CNCC2(C1)CNCOC2.CC. The van der Waals surface area contributed by atoms with E-state index in [9.17, 15) is 0 Å². The Kier molecular flexibility index (Phi) is 4.70. The Morgan fingerprint density at radius 2 is 1.92 bits per heavy atom. The van der Waals surface area contributed by atoms with E-state index in [-0.39, 0.29) is 0 Å². The summed E-state index contributed by atoms with van der Waals surface area (Å²) in [5.41, 5.74) is 0.413. The maximum absolute atomic E-state index is 5.41. The lowest BCUT2D eigenvalue weighted by molar-refractivity contribution is -0.0230. The molecule has 2 saturated heterocycles. The molecule has 2 heterocycles. The first-order valence-electron chi connectivity index (χ1n) is 5.41. The zero-order valence-electron chi connectivity index (χ0n) is 8.86. The molecular formula is C10H22N2O. The van der Waals surface area contributed by atoms with E-state index in [0.29, 0.717) is 5.41 Å². The molecule has 0 aromatic heterocycles. The Balaban J connectivity index is 0.000000396. The fraction of sp³-hybridized carbons (Fsp3) is 1.00. The van der Waals surface area contributed by atoms with Gasteiger partial charge in [-0.3, -0.25) is 5.32 Å². The molecule has 2 rings (SSSR count). The quantitative estimate of drug-likeness (QED) is 0.591. The largest absolute Gasteiger partial charge is 0.366 e. The van der Waals surface area contributed by atoms with Crippen molar-refractivity contribution in [3.63, 3.8) is 0 Å². The van der Waals surface area contributed by atoms with Gasteiger partial charge in [-0.25, -0.2) is 0 Å². The van der Waals surface area contributed by atoms with E-state index < -0.39 is 0 Å². The van der Waals surface area contributed by atoms with E-state index in [1.807, 2.05) is 13.8 Å². The molecule has 0 aromatic rings. The van der Waals surface area contributed by atoms with Crippen LogP contribution in [0.4, 0.5) is 0 Å². The van der Waals surface area contributed by atoms with Crippen molar-refractivity contribution in [1.29, 1.82) is 0 Å². The van der Waals surface area contributed by atoms with Crippen LogP contribution in [-0.4, -0.2) is 33.0 Å². The maximum Gasteiger partial charge on any atom is 0.0965 e. The Labute approximate surface area is 81.2 Å². The van der Waals surface area contributed by atoms with Gasteiger partial charge < -0.3 is 10.1 Å². The summed E-state index contributed by atoms with van der Waals surface area (Å²) in [6.07, 6.45) is 2.61. The third-order valence-corrected chi connectivity index (χ3v) is 2.67. The number of nitrogens with one attached hydrogen (secondary N) is 2. The Morgan fingerprint density at radius 1 is 1.15 bits per heavy atom. The van der Waals surface area contributed by atoms with Gasteiger partial charge in [-0.15, -0.1) is 0 Å². The fourth-order valence-electron chi connectivity index (χ4n) is 2.01. The summed E-state index contributed by atoms with van der Waals surface area (Å²) < 4.78 is 5.41. The molecule has 2 aliphatic rings. The van der Waals surface area contributed by atoms with Crippen LogP contribution in [0.15, 0.2) is 0 Å². The van der Waals surface area contributed by atoms with Crippen LogP contribution in [0.25, 0.3) is 0 Å². The molecule has 0 aromatic carbocycles. The average Bonchev–Trinajstić information content (AvgIpc) is 2.23. The monoisotopic (exact) mass is 186 g/mol. The van der Waals surface area contributed by atoms with Crippen LogP contribution < -0.4 is 10.6 Å². The van der Waals surface area contributed by atoms with E-state index in [1.54, 1.807) is 0 Å². The van der Waals surface area contributed by atoms with Gasteiger partial charge in [-0.1, -0.05) is 13.8 Å². The third-order valence-electron chi connectivity index (χ3n) is 2.67. The van der Waals surface area contributed by atoms with Crippen molar-refractivity contribution < 1.29 is 4.74 Å². The summed E-state index contributed by atoms with van der Waals surface area (Å²) >= 11 is 0.